The lowest BCUT2D eigenvalue weighted by molar-refractivity contribution is -0.116. The summed E-state index contributed by atoms with van der Waals surface area (Å²) in [7, 11) is 1.59. The number of hydrogen-bond acceptors (Lipinski definition) is 5. The van der Waals surface area contributed by atoms with Gasteiger partial charge in [0.1, 0.15) is 12.3 Å². The molecule has 1 fully saturated rings. The molecule has 0 atom stereocenters. The highest BCUT2D eigenvalue weighted by molar-refractivity contribution is 7.15. The molecule has 1 N–H and O–H groups in total. The minimum absolute atomic E-state index is 0.0268. The number of hydrogen-bond donors (Lipinski definition) is 1. The van der Waals surface area contributed by atoms with Crippen LogP contribution in [0.4, 0.5) is 5.13 Å². The van der Waals surface area contributed by atoms with Crippen molar-refractivity contribution in [1.82, 2.24) is 9.88 Å². The summed E-state index contributed by atoms with van der Waals surface area (Å²) in [4.78, 5) is 32.3. The second-order valence-electron chi connectivity index (χ2n) is 6.57. The fourth-order valence-corrected chi connectivity index (χ4v) is 3.44. The van der Waals surface area contributed by atoms with Gasteiger partial charge in [0.25, 0.3) is 5.91 Å². The summed E-state index contributed by atoms with van der Waals surface area (Å²) in [5.74, 6) is 0.833. The molecule has 1 aromatic carbocycles. The average Bonchev–Trinajstić information content (AvgIpc) is 3.38. The van der Waals surface area contributed by atoms with E-state index in [9.17, 15) is 9.59 Å². The van der Waals surface area contributed by atoms with Crippen molar-refractivity contribution in [3.05, 3.63) is 40.4 Å². The van der Waals surface area contributed by atoms with E-state index in [1.807, 2.05) is 13.8 Å². The van der Waals surface area contributed by atoms with Gasteiger partial charge in [-0.25, -0.2) is 4.98 Å². The van der Waals surface area contributed by atoms with Crippen LogP contribution in [0.15, 0.2) is 24.3 Å². The van der Waals surface area contributed by atoms with E-state index < -0.39 is 0 Å². The first-order valence-electron chi connectivity index (χ1n) is 8.63. The molecule has 1 aliphatic rings. The fraction of sp³-hybridized carbons (Fsp3) is 0.421. The van der Waals surface area contributed by atoms with Crippen LogP contribution >= 0.6 is 11.3 Å². The zero-order chi connectivity index (χ0) is 18.7. The number of ether oxygens (including phenoxy) is 1. The van der Waals surface area contributed by atoms with Crippen molar-refractivity contribution in [3.8, 4) is 5.75 Å². The summed E-state index contributed by atoms with van der Waals surface area (Å²) in [5.41, 5.74) is 1.47. The van der Waals surface area contributed by atoms with Crippen LogP contribution < -0.4 is 10.1 Å². The molecule has 0 radical (unpaired) electrons. The molecule has 0 unspecified atom stereocenters. The zero-order valence-corrected chi connectivity index (χ0v) is 16.1. The number of aromatic nitrogens is 1. The third-order valence-electron chi connectivity index (χ3n) is 4.41. The van der Waals surface area contributed by atoms with E-state index in [1.54, 1.807) is 36.3 Å². The van der Waals surface area contributed by atoms with Crippen LogP contribution in [0.5, 0.6) is 5.75 Å². The van der Waals surface area contributed by atoms with Gasteiger partial charge in [0.15, 0.2) is 5.13 Å². The molecule has 1 heterocycles. The smallest absolute Gasteiger partial charge is 0.254 e. The van der Waals surface area contributed by atoms with Gasteiger partial charge < -0.3 is 15.0 Å². The summed E-state index contributed by atoms with van der Waals surface area (Å²) in [5, 5.41) is 3.38. The van der Waals surface area contributed by atoms with Crippen LogP contribution in [0.3, 0.4) is 0 Å². The summed E-state index contributed by atoms with van der Waals surface area (Å²) < 4.78 is 5.13. The molecule has 1 aliphatic carbocycles. The van der Waals surface area contributed by atoms with Gasteiger partial charge in [0.05, 0.1) is 12.8 Å². The molecule has 1 saturated carbocycles. The van der Waals surface area contributed by atoms with Crippen molar-refractivity contribution in [2.24, 2.45) is 5.92 Å². The van der Waals surface area contributed by atoms with Gasteiger partial charge in [-0.2, -0.15) is 0 Å². The lowest BCUT2D eigenvalue weighted by Gasteiger charge is -2.22. The summed E-state index contributed by atoms with van der Waals surface area (Å²) in [6, 6.07) is 6.96. The van der Waals surface area contributed by atoms with Crippen LogP contribution in [0.2, 0.25) is 0 Å². The molecule has 0 bridgehead atoms. The monoisotopic (exact) mass is 373 g/mol. The van der Waals surface area contributed by atoms with Gasteiger partial charge in [-0.05, 0) is 56.9 Å². The Morgan fingerprint density at radius 3 is 2.50 bits per heavy atom. The Morgan fingerprint density at radius 1 is 1.27 bits per heavy atom. The van der Waals surface area contributed by atoms with Gasteiger partial charge in [0, 0.05) is 17.0 Å². The van der Waals surface area contributed by atoms with Crippen LogP contribution in [-0.2, 0) is 4.79 Å². The molecular formula is C19H23N3O3S. The predicted octanol–water partition coefficient (Wildman–Crippen LogP) is 3.26. The van der Waals surface area contributed by atoms with Gasteiger partial charge in [0.2, 0.25) is 5.91 Å². The zero-order valence-electron chi connectivity index (χ0n) is 15.2. The number of carbonyl (C=O) groups excluding carboxylic acids is 2. The number of nitrogens with zero attached hydrogens (tertiary/aromatic N) is 2. The summed E-state index contributed by atoms with van der Waals surface area (Å²) in [6.07, 6.45) is 2.22. The Kier molecular flexibility index (Phi) is 5.56. The topological polar surface area (TPSA) is 71.5 Å². The van der Waals surface area contributed by atoms with E-state index in [4.69, 9.17) is 4.74 Å². The van der Waals surface area contributed by atoms with Crippen molar-refractivity contribution in [2.45, 2.75) is 26.7 Å². The first kappa shape index (κ1) is 18.4. The first-order chi connectivity index (χ1) is 12.5. The number of benzene rings is 1. The molecule has 7 heteroatoms. The summed E-state index contributed by atoms with van der Waals surface area (Å²) in [6.45, 7) is 4.51. The number of methoxy groups -OCH3 is 1. The normalized spacial score (nSPS) is 13.3. The molecule has 26 heavy (non-hydrogen) atoms. The van der Waals surface area contributed by atoms with Crippen LogP contribution in [-0.4, -0.2) is 41.9 Å². The number of nitrogens with one attached hydrogen (secondary N) is 1. The minimum atomic E-state index is -0.221. The second-order valence-corrected chi connectivity index (χ2v) is 7.77. The van der Waals surface area contributed by atoms with Crippen molar-refractivity contribution in [3.63, 3.8) is 0 Å². The molecule has 0 spiro atoms. The second kappa shape index (κ2) is 7.86. The Morgan fingerprint density at radius 2 is 1.96 bits per heavy atom. The first-order valence-corrected chi connectivity index (χ1v) is 9.45. The number of amides is 2. The van der Waals surface area contributed by atoms with Crippen molar-refractivity contribution in [2.75, 3.05) is 25.5 Å². The van der Waals surface area contributed by atoms with Crippen LogP contribution in [0.1, 0.15) is 33.8 Å². The lowest BCUT2D eigenvalue weighted by Crippen LogP contribution is -2.39. The molecule has 0 saturated heterocycles. The number of thiazole rings is 1. The Labute approximate surface area is 157 Å². The molecule has 1 aromatic heterocycles. The van der Waals surface area contributed by atoms with Gasteiger partial charge in [-0.3, -0.25) is 9.59 Å². The Bertz CT molecular complexity index is 777. The van der Waals surface area contributed by atoms with E-state index in [1.165, 1.54) is 11.3 Å². The lowest BCUT2D eigenvalue weighted by atomic mass is 10.2. The SMILES string of the molecule is COc1ccc(C(=O)N(CC(=O)Nc2nc(C)c(C)s2)CC2CC2)cc1. The Balaban J connectivity index is 1.68. The standard InChI is InChI=1S/C19H23N3O3S/c1-12-13(2)26-19(20-12)21-17(23)11-22(10-14-4-5-14)18(24)15-6-8-16(25-3)9-7-15/h6-9,14H,4-5,10-11H2,1-3H3,(H,20,21,23). The van der Waals surface area contributed by atoms with Gasteiger partial charge >= 0.3 is 0 Å². The average molecular weight is 373 g/mol. The molecular weight excluding hydrogens is 350 g/mol. The van der Waals surface area contributed by atoms with Crippen molar-refractivity contribution in [1.29, 1.82) is 0 Å². The number of rotatable bonds is 7. The third kappa shape index (κ3) is 4.60. The fourth-order valence-electron chi connectivity index (χ4n) is 2.61. The highest BCUT2D eigenvalue weighted by atomic mass is 32.1. The van der Waals surface area contributed by atoms with Crippen molar-refractivity contribution >= 4 is 28.3 Å². The largest absolute Gasteiger partial charge is 0.497 e. The molecule has 6 nitrogen and oxygen atoms in total. The number of carbonyl (C=O) groups is 2. The van der Waals surface area contributed by atoms with Gasteiger partial charge in [-0.1, -0.05) is 0 Å². The quantitative estimate of drug-likeness (QED) is 0.809. The Hall–Kier alpha value is -2.41. The maximum atomic E-state index is 12.8. The maximum absolute atomic E-state index is 12.8. The predicted molar refractivity (Wildman–Crippen MR) is 102 cm³/mol. The molecule has 0 aliphatic heterocycles. The van der Waals surface area contributed by atoms with Crippen LogP contribution in [0.25, 0.3) is 0 Å². The highest BCUT2D eigenvalue weighted by Crippen LogP contribution is 2.30. The molecule has 138 valence electrons. The van der Waals surface area contributed by atoms with E-state index >= 15 is 0 Å². The summed E-state index contributed by atoms with van der Waals surface area (Å²) >= 11 is 1.44. The van der Waals surface area contributed by atoms with E-state index in [0.29, 0.717) is 28.9 Å². The molecule has 2 amide bonds. The number of aryl methyl sites for hydroxylation is 2. The molecule has 2 aromatic rings. The van der Waals surface area contributed by atoms with Crippen molar-refractivity contribution < 1.29 is 14.3 Å². The van der Waals surface area contributed by atoms with E-state index in [-0.39, 0.29) is 18.4 Å². The minimum Gasteiger partial charge on any atom is -0.497 e. The number of anilines is 1. The molecule has 3 rings (SSSR count). The van der Waals surface area contributed by atoms with Crippen LogP contribution in [0, 0.1) is 19.8 Å². The maximum Gasteiger partial charge on any atom is 0.254 e. The van der Waals surface area contributed by atoms with E-state index in [0.717, 1.165) is 23.4 Å². The van der Waals surface area contributed by atoms with E-state index in [2.05, 4.69) is 10.3 Å². The highest BCUT2D eigenvalue weighted by Gasteiger charge is 2.28. The van der Waals surface area contributed by atoms with Gasteiger partial charge in [-0.15, -0.1) is 11.3 Å². The third-order valence-corrected chi connectivity index (χ3v) is 5.40.